The summed E-state index contributed by atoms with van der Waals surface area (Å²) in [6.07, 6.45) is 0. The number of amides is 1. The van der Waals surface area contributed by atoms with Gasteiger partial charge in [-0.1, -0.05) is 17.7 Å². The van der Waals surface area contributed by atoms with Crippen molar-refractivity contribution < 1.29 is 14.7 Å². The molecule has 1 rings (SSSR count). The number of aliphatic carboxylic acids is 1. The summed E-state index contributed by atoms with van der Waals surface area (Å²) in [5, 5.41) is 8.81. The van der Waals surface area contributed by atoms with E-state index in [-0.39, 0.29) is 0 Å². The van der Waals surface area contributed by atoms with E-state index in [9.17, 15) is 9.59 Å². The first-order chi connectivity index (χ1) is 7.84. The first-order valence-corrected chi connectivity index (χ1v) is 5.42. The quantitative estimate of drug-likeness (QED) is 0.815. The molecule has 1 atom stereocenters. The Morgan fingerprint density at radius 3 is 2.35 bits per heavy atom. The smallest absolute Gasteiger partial charge is 0.315 e. The molecule has 4 nitrogen and oxygen atoms in total. The molecule has 17 heavy (non-hydrogen) atoms. The summed E-state index contributed by atoms with van der Waals surface area (Å²) in [6.45, 7) is 5.26. The van der Waals surface area contributed by atoms with Crippen molar-refractivity contribution in [1.82, 2.24) is 0 Å². The molecule has 0 aliphatic rings. The molecule has 0 heterocycles. The number of hydrogen-bond acceptors (Lipinski definition) is 2. The van der Waals surface area contributed by atoms with Gasteiger partial charge in [-0.05, 0) is 32.4 Å². The van der Waals surface area contributed by atoms with Gasteiger partial charge in [0.2, 0.25) is 5.91 Å². The van der Waals surface area contributed by atoms with Gasteiger partial charge in [0.25, 0.3) is 0 Å². The van der Waals surface area contributed by atoms with Gasteiger partial charge in [-0.15, -0.1) is 0 Å². The fourth-order valence-corrected chi connectivity index (χ4v) is 1.70. The molecule has 1 aromatic rings. The van der Waals surface area contributed by atoms with Gasteiger partial charge in [-0.25, -0.2) is 0 Å². The molecule has 0 bridgehead atoms. The maximum atomic E-state index is 11.9. The van der Waals surface area contributed by atoms with Gasteiger partial charge in [0.05, 0.1) is 0 Å². The fraction of sp³-hybridized carbons (Fsp3) is 0.385. The largest absolute Gasteiger partial charge is 0.481 e. The zero-order valence-electron chi connectivity index (χ0n) is 10.5. The van der Waals surface area contributed by atoms with E-state index in [1.54, 1.807) is 7.05 Å². The summed E-state index contributed by atoms with van der Waals surface area (Å²) < 4.78 is 0. The van der Waals surface area contributed by atoms with Crippen molar-refractivity contribution in [2.24, 2.45) is 5.92 Å². The van der Waals surface area contributed by atoms with E-state index in [1.165, 1.54) is 11.8 Å². The zero-order valence-corrected chi connectivity index (χ0v) is 10.5. The Bertz CT molecular complexity index is 454. The Morgan fingerprint density at radius 2 is 1.88 bits per heavy atom. The molecule has 0 spiro atoms. The third-order valence-electron chi connectivity index (χ3n) is 2.79. The van der Waals surface area contributed by atoms with Gasteiger partial charge >= 0.3 is 5.97 Å². The van der Waals surface area contributed by atoms with Crippen molar-refractivity contribution in [2.75, 3.05) is 11.9 Å². The minimum Gasteiger partial charge on any atom is -0.481 e. The lowest BCUT2D eigenvalue weighted by molar-refractivity contribution is -0.145. The van der Waals surface area contributed by atoms with Crippen molar-refractivity contribution in [1.29, 1.82) is 0 Å². The highest BCUT2D eigenvalue weighted by molar-refractivity contribution is 6.05. The van der Waals surface area contributed by atoms with E-state index in [4.69, 9.17) is 5.11 Å². The molecule has 0 radical (unpaired) electrons. The van der Waals surface area contributed by atoms with Crippen molar-refractivity contribution in [2.45, 2.75) is 20.8 Å². The third-order valence-corrected chi connectivity index (χ3v) is 2.79. The molecule has 0 aromatic heterocycles. The van der Waals surface area contributed by atoms with Crippen LogP contribution in [0.25, 0.3) is 0 Å². The molecule has 1 unspecified atom stereocenters. The highest BCUT2D eigenvalue weighted by atomic mass is 16.4. The van der Waals surface area contributed by atoms with Crippen LogP contribution in [-0.4, -0.2) is 24.0 Å². The third kappa shape index (κ3) is 2.84. The number of carboxylic acids is 1. The molecule has 4 heteroatoms. The molecule has 0 saturated heterocycles. The van der Waals surface area contributed by atoms with Crippen LogP contribution < -0.4 is 4.90 Å². The second-order valence-electron chi connectivity index (χ2n) is 4.25. The van der Waals surface area contributed by atoms with Crippen molar-refractivity contribution in [3.63, 3.8) is 0 Å². The number of carbonyl (C=O) groups is 2. The summed E-state index contributed by atoms with van der Waals surface area (Å²) in [4.78, 5) is 24.0. The van der Waals surface area contributed by atoms with Gasteiger partial charge in [-0.3, -0.25) is 9.59 Å². The monoisotopic (exact) mass is 235 g/mol. The van der Waals surface area contributed by atoms with Gasteiger partial charge in [0.1, 0.15) is 5.92 Å². The van der Waals surface area contributed by atoms with E-state index >= 15 is 0 Å². The van der Waals surface area contributed by atoms with E-state index in [1.807, 2.05) is 32.0 Å². The van der Waals surface area contributed by atoms with Gasteiger partial charge in [0, 0.05) is 12.7 Å². The van der Waals surface area contributed by atoms with Crippen LogP contribution in [0.5, 0.6) is 0 Å². The van der Waals surface area contributed by atoms with Crippen molar-refractivity contribution in [3.05, 3.63) is 29.3 Å². The van der Waals surface area contributed by atoms with E-state index in [0.717, 1.165) is 16.8 Å². The van der Waals surface area contributed by atoms with Crippen LogP contribution in [0.4, 0.5) is 5.69 Å². The van der Waals surface area contributed by atoms with Gasteiger partial charge < -0.3 is 10.0 Å². The zero-order chi connectivity index (χ0) is 13.2. The van der Waals surface area contributed by atoms with Crippen LogP contribution in [0.3, 0.4) is 0 Å². The van der Waals surface area contributed by atoms with Crippen LogP contribution in [0.15, 0.2) is 18.2 Å². The normalized spacial score (nSPS) is 12.0. The predicted octanol–water partition coefficient (Wildman–Crippen LogP) is 1.99. The standard InChI is InChI=1S/C13H17NO3/c1-8-5-6-11(9(2)7-8)14(4)12(15)10(3)13(16)17/h5-7,10H,1-4H3,(H,16,17). The minimum absolute atomic E-state index is 0.413. The number of carbonyl (C=O) groups excluding carboxylic acids is 1. The Balaban J connectivity index is 3.00. The Hall–Kier alpha value is -1.84. The molecular weight excluding hydrogens is 218 g/mol. The average Bonchev–Trinajstić information content (AvgIpc) is 2.26. The molecule has 0 fully saturated rings. The second kappa shape index (κ2) is 4.99. The molecule has 1 amide bonds. The molecular formula is C13H17NO3. The lowest BCUT2D eigenvalue weighted by Gasteiger charge is -2.21. The number of aryl methyl sites for hydroxylation is 2. The number of nitrogens with zero attached hydrogens (tertiary/aromatic N) is 1. The Kier molecular flexibility index (Phi) is 3.89. The van der Waals surface area contributed by atoms with Gasteiger partial charge in [-0.2, -0.15) is 0 Å². The lowest BCUT2D eigenvalue weighted by Crippen LogP contribution is -2.35. The van der Waals surface area contributed by atoms with Crippen LogP contribution in [-0.2, 0) is 9.59 Å². The fourth-order valence-electron chi connectivity index (χ4n) is 1.70. The summed E-state index contributed by atoms with van der Waals surface area (Å²) in [6, 6.07) is 5.69. The molecule has 1 N–H and O–H groups in total. The maximum Gasteiger partial charge on any atom is 0.315 e. The summed E-state index contributed by atoms with van der Waals surface area (Å²) >= 11 is 0. The molecule has 0 aliphatic carbocycles. The van der Waals surface area contributed by atoms with E-state index < -0.39 is 17.8 Å². The topological polar surface area (TPSA) is 57.6 Å². The second-order valence-corrected chi connectivity index (χ2v) is 4.25. The average molecular weight is 235 g/mol. The highest BCUT2D eigenvalue weighted by Gasteiger charge is 2.25. The Morgan fingerprint density at radius 1 is 1.29 bits per heavy atom. The van der Waals surface area contributed by atoms with Gasteiger partial charge in [0.15, 0.2) is 0 Å². The molecule has 92 valence electrons. The first-order valence-electron chi connectivity index (χ1n) is 5.42. The summed E-state index contributed by atoms with van der Waals surface area (Å²) in [5.74, 6) is -2.54. The number of hydrogen-bond donors (Lipinski definition) is 1. The number of carboxylic acid groups (broad SMARTS) is 1. The number of benzene rings is 1. The molecule has 0 saturated carbocycles. The predicted molar refractivity (Wildman–Crippen MR) is 66.1 cm³/mol. The molecule has 1 aromatic carbocycles. The first kappa shape index (κ1) is 13.2. The van der Waals surface area contributed by atoms with Crippen LogP contribution in [0, 0.1) is 19.8 Å². The van der Waals surface area contributed by atoms with E-state index in [0.29, 0.717) is 0 Å². The molecule has 0 aliphatic heterocycles. The highest BCUT2D eigenvalue weighted by Crippen LogP contribution is 2.21. The van der Waals surface area contributed by atoms with Crippen LogP contribution in [0.2, 0.25) is 0 Å². The van der Waals surface area contributed by atoms with Crippen molar-refractivity contribution >= 4 is 17.6 Å². The van der Waals surface area contributed by atoms with Crippen LogP contribution in [0.1, 0.15) is 18.1 Å². The summed E-state index contributed by atoms with van der Waals surface area (Å²) in [5.41, 5.74) is 2.81. The lowest BCUT2D eigenvalue weighted by atomic mass is 10.1. The summed E-state index contributed by atoms with van der Waals surface area (Å²) in [7, 11) is 1.60. The minimum atomic E-state index is -1.10. The SMILES string of the molecule is Cc1ccc(N(C)C(=O)C(C)C(=O)O)c(C)c1. The van der Waals surface area contributed by atoms with E-state index in [2.05, 4.69) is 0 Å². The number of anilines is 1. The van der Waals surface area contributed by atoms with Crippen LogP contribution >= 0.6 is 0 Å². The maximum absolute atomic E-state index is 11.9. The number of rotatable bonds is 3. The Labute approximate surface area is 101 Å². The van der Waals surface area contributed by atoms with Crippen molar-refractivity contribution in [3.8, 4) is 0 Å².